The summed E-state index contributed by atoms with van der Waals surface area (Å²) < 4.78 is 2.20. The van der Waals surface area contributed by atoms with Gasteiger partial charge in [0.25, 0.3) is 0 Å². The van der Waals surface area contributed by atoms with E-state index in [4.69, 9.17) is 0 Å². The number of hydrogen-bond donors (Lipinski definition) is 0. The van der Waals surface area contributed by atoms with Gasteiger partial charge in [-0.05, 0) is 80.0 Å². The molecular weight excluding hydrogens is 376 g/mol. The number of para-hydroxylation sites is 2. The van der Waals surface area contributed by atoms with E-state index in [1.165, 1.54) is 40.8 Å². The molecule has 0 saturated heterocycles. The third-order valence-corrected chi connectivity index (χ3v) is 5.68. The van der Waals surface area contributed by atoms with Crippen molar-refractivity contribution in [3.63, 3.8) is 0 Å². The maximum atomic E-state index is 4.55. The van der Waals surface area contributed by atoms with Gasteiger partial charge in [0.05, 0.1) is 11.0 Å². The van der Waals surface area contributed by atoms with Crippen molar-refractivity contribution < 1.29 is 0 Å². The highest BCUT2D eigenvalue weighted by Crippen LogP contribution is 2.27. The van der Waals surface area contributed by atoms with Crippen LogP contribution in [0.2, 0.25) is 0 Å². The van der Waals surface area contributed by atoms with E-state index in [1.807, 2.05) is 12.4 Å². The molecule has 0 radical (unpaired) electrons. The number of imidazole rings is 1. The Bertz CT molecular complexity index is 1090. The lowest BCUT2D eigenvalue weighted by Gasteiger charge is -2.16. The topological polar surface area (TPSA) is 17.8 Å². The molecule has 0 bridgehead atoms. The first-order valence-corrected chi connectivity index (χ1v) is 10.7. The van der Waals surface area contributed by atoms with Crippen LogP contribution in [0.15, 0.2) is 86.2 Å². The maximum Gasteiger partial charge on any atom is 0.100 e. The predicted octanol–water partition coefficient (Wildman–Crippen LogP) is 8.21. The Morgan fingerprint density at radius 2 is 1.61 bits per heavy atom. The lowest BCUT2D eigenvalue weighted by molar-refractivity contribution is 0.605. The second kappa shape index (κ2) is 11.3. The second-order valence-corrected chi connectivity index (χ2v) is 7.83. The average Bonchev–Trinajstić information content (AvgIpc) is 3.21. The Morgan fingerprint density at radius 3 is 2.32 bits per heavy atom. The summed E-state index contributed by atoms with van der Waals surface area (Å²) in [5, 5.41) is 0. The highest BCUT2D eigenvalue weighted by atomic mass is 15.0. The number of nitrogens with zero attached hydrogens (tertiary/aromatic N) is 2. The van der Waals surface area contributed by atoms with Crippen LogP contribution >= 0.6 is 0 Å². The molecule has 1 atom stereocenters. The summed E-state index contributed by atoms with van der Waals surface area (Å²) in [7, 11) is 0. The molecule has 0 fully saturated rings. The minimum absolute atomic E-state index is 0. The van der Waals surface area contributed by atoms with Crippen molar-refractivity contribution in [1.29, 1.82) is 0 Å². The van der Waals surface area contributed by atoms with Crippen molar-refractivity contribution >= 4 is 11.0 Å². The normalized spacial score (nSPS) is 11.3. The van der Waals surface area contributed by atoms with Gasteiger partial charge in [-0.25, -0.2) is 4.98 Å². The molecule has 4 aromatic rings. The predicted molar refractivity (Wildman–Crippen MR) is 136 cm³/mol. The van der Waals surface area contributed by atoms with Crippen LogP contribution in [-0.2, 0) is 6.42 Å². The van der Waals surface area contributed by atoms with Gasteiger partial charge in [0.15, 0.2) is 0 Å². The van der Waals surface area contributed by atoms with Gasteiger partial charge in [0, 0.05) is 5.69 Å². The molecule has 2 nitrogen and oxygen atoms in total. The number of hydrogen-bond acceptors (Lipinski definition) is 1. The van der Waals surface area contributed by atoms with E-state index >= 15 is 0 Å². The van der Waals surface area contributed by atoms with E-state index in [0.717, 1.165) is 17.5 Å². The summed E-state index contributed by atoms with van der Waals surface area (Å²) in [5.41, 5.74) is 8.89. The van der Waals surface area contributed by atoms with Crippen molar-refractivity contribution in [2.45, 2.75) is 53.4 Å². The minimum Gasteiger partial charge on any atom is -0.299 e. The molecule has 1 aromatic heterocycles. The number of fused-ring (bicyclic) bond motifs is 1. The fourth-order valence-electron chi connectivity index (χ4n) is 4.08. The summed E-state index contributed by atoms with van der Waals surface area (Å²) in [6, 6.07) is 24.3. The Balaban J connectivity index is 0.00000111. The molecule has 0 aliphatic heterocycles. The maximum absolute atomic E-state index is 4.55. The van der Waals surface area contributed by atoms with Crippen molar-refractivity contribution in [3.8, 4) is 5.69 Å². The lowest BCUT2D eigenvalue weighted by atomic mass is 9.89. The first kappa shape index (κ1) is 24.1. The molecule has 162 valence electrons. The Morgan fingerprint density at radius 1 is 0.903 bits per heavy atom. The zero-order chi connectivity index (χ0) is 21.5. The first-order valence-electron chi connectivity index (χ1n) is 10.7. The van der Waals surface area contributed by atoms with Gasteiger partial charge in [-0.15, -0.1) is 13.2 Å². The summed E-state index contributed by atoms with van der Waals surface area (Å²) >= 11 is 0. The third-order valence-electron chi connectivity index (χ3n) is 5.68. The second-order valence-electron chi connectivity index (χ2n) is 7.83. The van der Waals surface area contributed by atoms with Crippen LogP contribution in [0.1, 0.15) is 55.4 Å². The SMILES string of the molecule is C.C=C.CCC(CCc1cc(C)cc(-n2cnc3ccccc32)c1)c1ccc(C)cc1. The van der Waals surface area contributed by atoms with E-state index in [0.29, 0.717) is 5.92 Å². The van der Waals surface area contributed by atoms with Crippen LogP contribution < -0.4 is 0 Å². The van der Waals surface area contributed by atoms with E-state index in [9.17, 15) is 0 Å². The molecule has 0 amide bonds. The standard InChI is InChI=1S/C26H28N2.C2H4.CH4/c1-4-22(23-12-9-19(2)10-13-23)14-11-21-15-20(3)16-24(17-21)28-18-27-25-7-5-6-8-26(25)28;1-2;/h5-10,12-13,15-18,22H,4,11,14H2,1-3H3;1-2H2;1H4. The largest absolute Gasteiger partial charge is 0.299 e. The molecule has 0 N–H and O–H groups in total. The van der Waals surface area contributed by atoms with Crippen LogP contribution in [0.4, 0.5) is 0 Å². The molecular formula is C29H36N2. The number of aromatic nitrogens is 2. The molecule has 1 unspecified atom stereocenters. The zero-order valence-electron chi connectivity index (χ0n) is 18.4. The minimum atomic E-state index is 0. The number of benzene rings is 3. The quantitative estimate of drug-likeness (QED) is 0.292. The summed E-state index contributed by atoms with van der Waals surface area (Å²) in [6.07, 6.45) is 5.37. The smallest absolute Gasteiger partial charge is 0.100 e. The molecule has 2 heteroatoms. The molecule has 0 aliphatic carbocycles. The van der Waals surface area contributed by atoms with Gasteiger partial charge < -0.3 is 0 Å². The van der Waals surface area contributed by atoms with Gasteiger partial charge in [0.2, 0.25) is 0 Å². The Kier molecular flexibility index (Phi) is 8.81. The van der Waals surface area contributed by atoms with E-state index in [1.54, 1.807) is 0 Å². The van der Waals surface area contributed by atoms with Crippen LogP contribution in [0.25, 0.3) is 16.7 Å². The van der Waals surface area contributed by atoms with Gasteiger partial charge >= 0.3 is 0 Å². The highest BCUT2D eigenvalue weighted by molar-refractivity contribution is 5.77. The monoisotopic (exact) mass is 412 g/mol. The Hall–Kier alpha value is -3.13. The summed E-state index contributed by atoms with van der Waals surface area (Å²) in [4.78, 5) is 4.55. The lowest BCUT2D eigenvalue weighted by Crippen LogP contribution is -2.01. The molecule has 0 saturated carbocycles. The average molecular weight is 413 g/mol. The fourth-order valence-corrected chi connectivity index (χ4v) is 4.08. The molecule has 0 spiro atoms. The highest BCUT2D eigenvalue weighted by Gasteiger charge is 2.11. The van der Waals surface area contributed by atoms with Crippen molar-refractivity contribution in [3.05, 3.63) is 108 Å². The number of aryl methyl sites for hydroxylation is 3. The van der Waals surface area contributed by atoms with E-state index in [2.05, 4.69) is 104 Å². The molecule has 31 heavy (non-hydrogen) atoms. The molecule has 1 heterocycles. The zero-order valence-corrected chi connectivity index (χ0v) is 18.4. The van der Waals surface area contributed by atoms with Gasteiger partial charge in [-0.3, -0.25) is 4.57 Å². The Labute approximate surface area is 188 Å². The third kappa shape index (κ3) is 5.73. The van der Waals surface area contributed by atoms with Crippen LogP contribution in [0.3, 0.4) is 0 Å². The molecule has 4 rings (SSSR count). The molecule has 0 aliphatic rings. The summed E-state index contributed by atoms with van der Waals surface area (Å²) in [6.45, 7) is 12.6. The van der Waals surface area contributed by atoms with Gasteiger partial charge in [-0.2, -0.15) is 0 Å². The van der Waals surface area contributed by atoms with Crippen molar-refractivity contribution in [2.75, 3.05) is 0 Å². The van der Waals surface area contributed by atoms with E-state index in [-0.39, 0.29) is 7.43 Å². The summed E-state index contributed by atoms with van der Waals surface area (Å²) in [5.74, 6) is 0.610. The van der Waals surface area contributed by atoms with Gasteiger partial charge in [-0.1, -0.05) is 62.4 Å². The van der Waals surface area contributed by atoms with Crippen molar-refractivity contribution in [1.82, 2.24) is 9.55 Å². The van der Waals surface area contributed by atoms with Crippen LogP contribution in [0.5, 0.6) is 0 Å². The number of rotatable bonds is 6. The first-order chi connectivity index (χ1) is 14.6. The fraction of sp³-hybridized carbons (Fsp3) is 0.276. The van der Waals surface area contributed by atoms with Crippen LogP contribution in [-0.4, -0.2) is 9.55 Å². The van der Waals surface area contributed by atoms with Gasteiger partial charge in [0.1, 0.15) is 6.33 Å². The molecule has 3 aromatic carbocycles. The van der Waals surface area contributed by atoms with E-state index < -0.39 is 0 Å². The van der Waals surface area contributed by atoms with Crippen LogP contribution in [0, 0.1) is 13.8 Å². The van der Waals surface area contributed by atoms with Crippen molar-refractivity contribution in [2.24, 2.45) is 0 Å².